The summed E-state index contributed by atoms with van der Waals surface area (Å²) in [5.41, 5.74) is 0.768. The normalized spacial score (nSPS) is 16.4. The number of thiophene rings is 1. The molecule has 0 radical (unpaired) electrons. The van der Waals surface area contributed by atoms with Gasteiger partial charge in [-0.05, 0) is 42.0 Å². The summed E-state index contributed by atoms with van der Waals surface area (Å²) in [5, 5.41) is 4.95. The Morgan fingerprint density at radius 1 is 1.22 bits per heavy atom. The van der Waals surface area contributed by atoms with Crippen molar-refractivity contribution in [2.24, 2.45) is 0 Å². The molecule has 23 heavy (non-hydrogen) atoms. The van der Waals surface area contributed by atoms with Crippen LogP contribution in [0.5, 0.6) is 0 Å². The van der Waals surface area contributed by atoms with E-state index in [4.69, 9.17) is 0 Å². The third-order valence-corrected chi connectivity index (χ3v) is 4.93. The molecule has 0 bridgehead atoms. The molecule has 0 spiro atoms. The fourth-order valence-electron chi connectivity index (χ4n) is 2.80. The minimum Gasteiger partial charge on any atom is -0.349 e. The molecule has 122 valence electrons. The minimum absolute atomic E-state index is 0.0148. The van der Waals surface area contributed by atoms with E-state index < -0.39 is 11.6 Å². The second-order valence-electron chi connectivity index (χ2n) is 5.75. The van der Waals surface area contributed by atoms with Crippen molar-refractivity contribution in [1.82, 2.24) is 10.2 Å². The van der Waals surface area contributed by atoms with Crippen LogP contribution in [0.15, 0.2) is 35.7 Å². The molecule has 1 saturated heterocycles. The van der Waals surface area contributed by atoms with Gasteiger partial charge in [0, 0.05) is 25.7 Å². The monoisotopic (exact) mass is 336 g/mol. The maximum absolute atomic E-state index is 13.2. The van der Waals surface area contributed by atoms with Gasteiger partial charge in [-0.2, -0.15) is 0 Å². The number of nitrogens with one attached hydrogen (secondary N) is 1. The lowest BCUT2D eigenvalue weighted by molar-refractivity contribution is 0.0913. The highest BCUT2D eigenvalue weighted by Crippen LogP contribution is 2.17. The Morgan fingerprint density at radius 2 is 2.00 bits per heavy atom. The molecule has 0 atom stereocenters. The van der Waals surface area contributed by atoms with E-state index in [1.165, 1.54) is 23.5 Å². The largest absolute Gasteiger partial charge is 0.349 e. The predicted octanol–water partition coefficient (Wildman–Crippen LogP) is 3.42. The molecule has 1 aliphatic heterocycles. The first-order valence-electron chi connectivity index (χ1n) is 7.62. The van der Waals surface area contributed by atoms with E-state index in [9.17, 15) is 13.6 Å². The topological polar surface area (TPSA) is 32.3 Å². The minimum atomic E-state index is -0.816. The maximum atomic E-state index is 13.2. The van der Waals surface area contributed by atoms with Crippen LogP contribution in [0.1, 0.15) is 28.1 Å². The highest BCUT2D eigenvalue weighted by molar-refractivity contribution is 7.12. The number of rotatable bonds is 4. The Hall–Kier alpha value is -1.79. The van der Waals surface area contributed by atoms with Gasteiger partial charge < -0.3 is 5.32 Å². The van der Waals surface area contributed by atoms with Crippen molar-refractivity contribution in [1.29, 1.82) is 0 Å². The summed E-state index contributed by atoms with van der Waals surface area (Å²) in [4.78, 5) is 15.0. The first-order valence-corrected chi connectivity index (χ1v) is 8.50. The molecule has 0 aliphatic carbocycles. The first-order chi connectivity index (χ1) is 11.1. The van der Waals surface area contributed by atoms with E-state index in [-0.39, 0.29) is 11.9 Å². The lowest BCUT2D eigenvalue weighted by Crippen LogP contribution is -2.44. The summed E-state index contributed by atoms with van der Waals surface area (Å²) in [6.45, 7) is 2.26. The Labute approximate surface area is 137 Å². The summed E-state index contributed by atoms with van der Waals surface area (Å²) in [6, 6.07) is 7.88. The molecule has 1 aromatic carbocycles. The average Bonchev–Trinajstić information content (AvgIpc) is 3.07. The Balaban J connectivity index is 1.48. The third kappa shape index (κ3) is 4.14. The average molecular weight is 336 g/mol. The molecule has 2 aromatic rings. The second-order valence-corrected chi connectivity index (χ2v) is 6.70. The number of benzene rings is 1. The molecule has 1 fully saturated rings. The maximum Gasteiger partial charge on any atom is 0.261 e. The molecule has 6 heteroatoms. The zero-order chi connectivity index (χ0) is 16.2. The zero-order valence-corrected chi connectivity index (χ0v) is 13.4. The highest BCUT2D eigenvalue weighted by Gasteiger charge is 2.21. The summed E-state index contributed by atoms with van der Waals surface area (Å²) in [6.07, 6.45) is 1.72. The van der Waals surface area contributed by atoms with E-state index in [0.29, 0.717) is 6.54 Å². The van der Waals surface area contributed by atoms with Gasteiger partial charge in [-0.25, -0.2) is 8.78 Å². The van der Waals surface area contributed by atoms with Crippen molar-refractivity contribution in [2.45, 2.75) is 25.4 Å². The first kappa shape index (κ1) is 16.1. The van der Waals surface area contributed by atoms with Crippen LogP contribution in [0.2, 0.25) is 0 Å². The molecule has 0 saturated carbocycles. The van der Waals surface area contributed by atoms with E-state index in [0.717, 1.165) is 36.4 Å². The number of hydrogen-bond donors (Lipinski definition) is 1. The Kier molecular flexibility index (Phi) is 5.03. The highest BCUT2D eigenvalue weighted by atomic mass is 32.1. The van der Waals surface area contributed by atoms with Crippen LogP contribution >= 0.6 is 11.3 Å². The van der Waals surface area contributed by atoms with Crippen LogP contribution in [0, 0.1) is 11.6 Å². The zero-order valence-electron chi connectivity index (χ0n) is 12.6. The second kappa shape index (κ2) is 7.19. The van der Waals surface area contributed by atoms with Crippen molar-refractivity contribution < 1.29 is 13.6 Å². The van der Waals surface area contributed by atoms with Crippen molar-refractivity contribution in [3.63, 3.8) is 0 Å². The van der Waals surface area contributed by atoms with Crippen molar-refractivity contribution in [3.05, 3.63) is 57.8 Å². The van der Waals surface area contributed by atoms with Crippen LogP contribution in [0.4, 0.5) is 8.78 Å². The fourth-order valence-corrected chi connectivity index (χ4v) is 3.42. The number of likely N-dealkylation sites (tertiary alicyclic amines) is 1. The standard InChI is InChI=1S/C17H18F2N2OS/c18-14-4-3-12(10-15(14)19)11-21-7-5-13(6-8-21)20-17(22)16-2-1-9-23-16/h1-4,9-10,13H,5-8,11H2,(H,20,22). The van der Waals surface area contributed by atoms with E-state index in [1.807, 2.05) is 17.5 Å². The van der Waals surface area contributed by atoms with Crippen molar-refractivity contribution in [3.8, 4) is 0 Å². The molecule has 1 aromatic heterocycles. The lowest BCUT2D eigenvalue weighted by Gasteiger charge is -2.32. The van der Waals surface area contributed by atoms with Gasteiger partial charge in [-0.1, -0.05) is 12.1 Å². The lowest BCUT2D eigenvalue weighted by atomic mass is 10.0. The van der Waals surface area contributed by atoms with Crippen LogP contribution in [0.3, 0.4) is 0 Å². The molecule has 3 nitrogen and oxygen atoms in total. The summed E-state index contributed by atoms with van der Waals surface area (Å²) < 4.78 is 26.2. The van der Waals surface area contributed by atoms with Gasteiger partial charge in [-0.3, -0.25) is 9.69 Å². The number of hydrogen-bond acceptors (Lipinski definition) is 3. The fraction of sp³-hybridized carbons (Fsp3) is 0.353. The quantitative estimate of drug-likeness (QED) is 0.928. The van der Waals surface area contributed by atoms with Crippen LogP contribution in [0.25, 0.3) is 0 Å². The number of carbonyl (C=O) groups is 1. The SMILES string of the molecule is O=C(NC1CCN(Cc2ccc(F)c(F)c2)CC1)c1cccs1. The van der Waals surface area contributed by atoms with Gasteiger partial charge in [-0.15, -0.1) is 11.3 Å². The molecular weight excluding hydrogens is 318 g/mol. The molecule has 2 heterocycles. The van der Waals surface area contributed by atoms with Crippen LogP contribution in [-0.2, 0) is 6.54 Å². The van der Waals surface area contributed by atoms with Gasteiger partial charge in [0.1, 0.15) is 0 Å². The van der Waals surface area contributed by atoms with Crippen molar-refractivity contribution in [2.75, 3.05) is 13.1 Å². The molecule has 3 rings (SSSR count). The molecular formula is C17H18F2N2OS. The number of amides is 1. The van der Waals surface area contributed by atoms with E-state index in [1.54, 1.807) is 6.07 Å². The van der Waals surface area contributed by atoms with Crippen LogP contribution < -0.4 is 5.32 Å². The summed E-state index contributed by atoms with van der Waals surface area (Å²) >= 11 is 1.44. The Morgan fingerprint density at radius 3 is 2.65 bits per heavy atom. The van der Waals surface area contributed by atoms with Gasteiger partial charge >= 0.3 is 0 Å². The number of piperidine rings is 1. The van der Waals surface area contributed by atoms with E-state index in [2.05, 4.69) is 10.2 Å². The van der Waals surface area contributed by atoms with Gasteiger partial charge in [0.15, 0.2) is 11.6 Å². The number of halogens is 2. The predicted molar refractivity (Wildman–Crippen MR) is 86.4 cm³/mol. The van der Waals surface area contributed by atoms with Gasteiger partial charge in [0.2, 0.25) is 0 Å². The van der Waals surface area contributed by atoms with Gasteiger partial charge in [0.25, 0.3) is 5.91 Å². The molecule has 1 amide bonds. The smallest absolute Gasteiger partial charge is 0.261 e. The van der Waals surface area contributed by atoms with Gasteiger partial charge in [0.05, 0.1) is 4.88 Å². The molecule has 1 aliphatic rings. The third-order valence-electron chi connectivity index (χ3n) is 4.06. The molecule has 0 unspecified atom stereocenters. The van der Waals surface area contributed by atoms with E-state index >= 15 is 0 Å². The van der Waals surface area contributed by atoms with Crippen LogP contribution in [-0.4, -0.2) is 29.9 Å². The summed E-state index contributed by atoms with van der Waals surface area (Å²) in [5.74, 6) is -1.64. The number of nitrogens with zero attached hydrogens (tertiary/aromatic N) is 1. The summed E-state index contributed by atoms with van der Waals surface area (Å²) in [7, 11) is 0. The number of carbonyl (C=O) groups excluding carboxylic acids is 1. The van der Waals surface area contributed by atoms with Crippen molar-refractivity contribution >= 4 is 17.2 Å². The Bertz CT molecular complexity index is 667. The molecule has 1 N–H and O–H groups in total.